The molecule has 24 heavy (non-hydrogen) atoms. The third-order valence-corrected chi connectivity index (χ3v) is 5.81. The number of piperidine rings is 1. The van der Waals surface area contributed by atoms with E-state index in [1.54, 1.807) is 0 Å². The molecule has 1 amide bonds. The van der Waals surface area contributed by atoms with Gasteiger partial charge in [-0.2, -0.15) is 0 Å². The van der Waals surface area contributed by atoms with Crippen molar-refractivity contribution in [3.05, 3.63) is 39.8 Å². The standard InChI is InChI=1S/C16H16N4O2S2/c1-10-8-12(22-18-10)15-14(17-19-24-15)11-4-2-6-20(9-11)16(21)13-5-3-7-23-13/h3,5,7-8,11H,2,4,6,9H2,1H3/t11-/m1/s1. The number of nitrogens with zero attached hydrogens (tertiary/aromatic N) is 4. The number of thiophene rings is 1. The molecule has 0 N–H and O–H groups in total. The van der Waals surface area contributed by atoms with Gasteiger partial charge in [-0.15, -0.1) is 16.4 Å². The Kier molecular flexibility index (Phi) is 4.15. The van der Waals surface area contributed by atoms with Gasteiger partial charge >= 0.3 is 0 Å². The second-order valence-electron chi connectivity index (χ2n) is 5.89. The molecule has 6 nitrogen and oxygen atoms in total. The van der Waals surface area contributed by atoms with E-state index in [1.807, 2.05) is 35.4 Å². The summed E-state index contributed by atoms with van der Waals surface area (Å²) in [6.07, 6.45) is 1.97. The molecule has 1 aliphatic heterocycles. The van der Waals surface area contributed by atoms with Gasteiger partial charge in [0.05, 0.1) is 16.3 Å². The predicted molar refractivity (Wildman–Crippen MR) is 92.3 cm³/mol. The maximum Gasteiger partial charge on any atom is 0.263 e. The first-order valence-electron chi connectivity index (χ1n) is 7.81. The summed E-state index contributed by atoms with van der Waals surface area (Å²) < 4.78 is 9.48. The highest BCUT2D eigenvalue weighted by molar-refractivity contribution is 7.12. The molecule has 1 atom stereocenters. The van der Waals surface area contributed by atoms with Crippen LogP contribution in [0.5, 0.6) is 0 Å². The Morgan fingerprint density at radius 1 is 1.46 bits per heavy atom. The first-order chi connectivity index (χ1) is 11.7. The van der Waals surface area contributed by atoms with Gasteiger partial charge in [0, 0.05) is 25.1 Å². The zero-order valence-corrected chi connectivity index (χ0v) is 14.8. The number of carbonyl (C=O) groups excluding carboxylic acids is 1. The molecular weight excluding hydrogens is 344 g/mol. The summed E-state index contributed by atoms with van der Waals surface area (Å²) >= 11 is 2.81. The summed E-state index contributed by atoms with van der Waals surface area (Å²) in [5, 5.41) is 10.2. The third kappa shape index (κ3) is 2.87. The van der Waals surface area contributed by atoms with E-state index in [0.29, 0.717) is 12.3 Å². The molecule has 3 aromatic heterocycles. The first-order valence-corrected chi connectivity index (χ1v) is 9.46. The van der Waals surface area contributed by atoms with Crippen molar-refractivity contribution >= 4 is 28.8 Å². The van der Waals surface area contributed by atoms with Gasteiger partial charge in [-0.1, -0.05) is 15.7 Å². The van der Waals surface area contributed by atoms with Crippen molar-refractivity contribution in [2.24, 2.45) is 0 Å². The van der Waals surface area contributed by atoms with Crippen LogP contribution in [0.1, 0.15) is 39.8 Å². The molecular formula is C16H16N4O2S2. The normalized spacial score (nSPS) is 18.0. The maximum absolute atomic E-state index is 12.6. The molecule has 0 bridgehead atoms. The molecule has 1 saturated heterocycles. The van der Waals surface area contributed by atoms with Crippen LogP contribution < -0.4 is 0 Å². The van der Waals surface area contributed by atoms with Gasteiger partial charge in [-0.25, -0.2) is 0 Å². The first kappa shape index (κ1) is 15.5. The molecule has 0 aliphatic carbocycles. The van der Waals surface area contributed by atoms with Gasteiger partial charge in [0.25, 0.3) is 5.91 Å². The Bertz CT molecular complexity index is 840. The van der Waals surface area contributed by atoms with Crippen molar-refractivity contribution in [1.82, 2.24) is 19.6 Å². The Morgan fingerprint density at radius 2 is 2.38 bits per heavy atom. The number of rotatable bonds is 3. The van der Waals surface area contributed by atoms with Gasteiger partial charge in [0.2, 0.25) is 0 Å². The van der Waals surface area contributed by atoms with E-state index < -0.39 is 0 Å². The summed E-state index contributed by atoms with van der Waals surface area (Å²) in [7, 11) is 0. The summed E-state index contributed by atoms with van der Waals surface area (Å²) in [6, 6.07) is 5.69. The molecule has 4 rings (SSSR count). The van der Waals surface area contributed by atoms with Crippen LogP contribution in [0.25, 0.3) is 10.6 Å². The van der Waals surface area contributed by atoms with Crippen LogP contribution >= 0.6 is 22.9 Å². The second-order valence-corrected chi connectivity index (χ2v) is 7.59. The fraction of sp³-hybridized carbons (Fsp3) is 0.375. The molecule has 1 aliphatic rings. The van der Waals surface area contributed by atoms with E-state index in [2.05, 4.69) is 14.7 Å². The molecule has 0 saturated carbocycles. The van der Waals surface area contributed by atoms with Crippen LogP contribution in [0.15, 0.2) is 28.1 Å². The molecule has 3 aromatic rings. The number of hydrogen-bond donors (Lipinski definition) is 0. The fourth-order valence-electron chi connectivity index (χ4n) is 3.05. The number of likely N-dealkylation sites (tertiary alicyclic amines) is 1. The predicted octanol–water partition coefficient (Wildman–Crippen LogP) is 3.58. The van der Waals surface area contributed by atoms with Gasteiger partial charge < -0.3 is 9.42 Å². The van der Waals surface area contributed by atoms with E-state index >= 15 is 0 Å². The topological polar surface area (TPSA) is 72.1 Å². The zero-order chi connectivity index (χ0) is 16.5. The van der Waals surface area contributed by atoms with E-state index in [0.717, 1.165) is 40.5 Å². The molecule has 0 unspecified atom stereocenters. The maximum atomic E-state index is 12.6. The molecule has 124 valence electrons. The smallest absolute Gasteiger partial charge is 0.263 e. The lowest BCUT2D eigenvalue weighted by Gasteiger charge is -2.31. The molecule has 8 heteroatoms. The average Bonchev–Trinajstić information content (AvgIpc) is 3.35. The number of aromatic nitrogens is 3. The van der Waals surface area contributed by atoms with Gasteiger partial charge in [0.15, 0.2) is 5.76 Å². The molecule has 0 aromatic carbocycles. The highest BCUT2D eigenvalue weighted by Gasteiger charge is 2.30. The van der Waals surface area contributed by atoms with Gasteiger partial charge in [-0.05, 0) is 42.7 Å². The van der Waals surface area contributed by atoms with Crippen LogP contribution in [0.4, 0.5) is 0 Å². The Morgan fingerprint density at radius 3 is 3.12 bits per heavy atom. The van der Waals surface area contributed by atoms with Gasteiger partial charge in [0.1, 0.15) is 4.88 Å². The summed E-state index contributed by atoms with van der Waals surface area (Å²) in [4.78, 5) is 16.2. The minimum absolute atomic E-state index is 0.106. The lowest BCUT2D eigenvalue weighted by Crippen LogP contribution is -2.39. The van der Waals surface area contributed by atoms with Crippen molar-refractivity contribution in [2.75, 3.05) is 13.1 Å². The summed E-state index contributed by atoms with van der Waals surface area (Å²) in [5.74, 6) is 0.996. The largest absolute Gasteiger partial charge is 0.355 e. The van der Waals surface area contributed by atoms with E-state index in [9.17, 15) is 4.79 Å². The van der Waals surface area contributed by atoms with Crippen molar-refractivity contribution in [2.45, 2.75) is 25.7 Å². The highest BCUT2D eigenvalue weighted by Crippen LogP contribution is 2.36. The van der Waals surface area contributed by atoms with Crippen LogP contribution in [0.3, 0.4) is 0 Å². The molecule has 0 radical (unpaired) electrons. The minimum atomic E-state index is 0.106. The Hall–Kier alpha value is -2.06. The quantitative estimate of drug-likeness (QED) is 0.714. The van der Waals surface area contributed by atoms with Crippen molar-refractivity contribution < 1.29 is 9.32 Å². The zero-order valence-electron chi connectivity index (χ0n) is 13.1. The monoisotopic (exact) mass is 360 g/mol. The minimum Gasteiger partial charge on any atom is -0.355 e. The number of aryl methyl sites for hydroxylation is 1. The van der Waals surface area contributed by atoms with E-state index in [4.69, 9.17) is 4.52 Å². The Balaban J connectivity index is 1.57. The van der Waals surface area contributed by atoms with Crippen LogP contribution in [-0.4, -0.2) is 38.6 Å². The molecule has 0 spiro atoms. The van der Waals surface area contributed by atoms with Crippen LogP contribution in [0.2, 0.25) is 0 Å². The average molecular weight is 360 g/mol. The fourth-order valence-corrected chi connectivity index (χ4v) is 4.44. The van der Waals surface area contributed by atoms with Crippen molar-refractivity contribution in [3.63, 3.8) is 0 Å². The number of amides is 1. The Labute approximate surface area is 147 Å². The molecule has 1 fully saturated rings. The third-order valence-electron chi connectivity index (χ3n) is 4.19. The SMILES string of the molecule is Cc1cc(-c2snnc2[C@@H]2CCCN(C(=O)c3cccs3)C2)on1. The van der Waals surface area contributed by atoms with Crippen LogP contribution in [-0.2, 0) is 0 Å². The lowest BCUT2D eigenvalue weighted by atomic mass is 9.93. The van der Waals surface area contributed by atoms with Crippen molar-refractivity contribution in [3.8, 4) is 10.6 Å². The van der Waals surface area contributed by atoms with Gasteiger partial charge in [-0.3, -0.25) is 4.79 Å². The summed E-state index contributed by atoms with van der Waals surface area (Å²) in [6.45, 7) is 3.35. The van der Waals surface area contributed by atoms with Crippen molar-refractivity contribution in [1.29, 1.82) is 0 Å². The number of hydrogen-bond acceptors (Lipinski definition) is 7. The summed E-state index contributed by atoms with van der Waals surface area (Å²) in [5.41, 5.74) is 1.75. The second kappa shape index (κ2) is 6.45. The lowest BCUT2D eigenvalue weighted by molar-refractivity contribution is 0.0711. The van der Waals surface area contributed by atoms with E-state index in [1.165, 1.54) is 22.9 Å². The molecule has 4 heterocycles. The number of carbonyl (C=O) groups is 1. The van der Waals surface area contributed by atoms with Crippen LogP contribution in [0, 0.1) is 6.92 Å². The highest BCUT2D eigenvalue weighted by atomic mass is 32.1. The van der Waals surface area contributed by atoms with E-state index in [-0.39, 0.29) is 11.8 Å².